The maximum atomic E-state index is 13.4. The molecule has 11 heterocycles. The molecule has 0 radical (unpaired) electrons. The Morgan fingerprint density at radius 3 is 1.71 bits per heavy atom. The van der Waals surface area contributed by atoms with Gasteiger partial charge in [0.25, 0.3) is 11.8 Å². The molecule has 10 aromatic rings. The van der Waals surface area contributed by atoms with Crippen molar-refractivity contribution in [1.29, 1.82) is 0 Å². The number of aromatic nitrogens is 12. The summed E-state index contributed by atoms with van der Waals surface area (Å²) in [6.07, 6.45) is 18.2. The number of hydrogen-bond acceptors (Lipinski definition) is 14. The normalized spacial score (nSPS) is 15.9. The number of nitrogens with one attached hydrogen (secondary N) is 2. The molecule has 20 nitrogen and oxygen atoms in total. The average Bonchev–Trinajstić information content (AvgIpc) is 4.39. The Hall–Kier alpha value is -8.35. The molecule has 4 bridgehead atoms. The van der Waals surface area contributed by atoms with E-state index in [4.69, 9.17) is 18.8 Å². The number of ether oxygens (including phenoxy) is 2. The second kappa shape index (κ2) is 22.3. The molecule has 1 fully saturated rings. The number of pyridine rings is 4. The smallest absolute Gasteiger partial charge is 0.493 e. The van der Waals surface area contributed by atoms with Crippen molar-refractivity contribution in [3.05, 3.63) is 162 Å². The third-order valence-electron chi connectivity index (χ3n) is 13.8. The number of rotatable bonds is 2. The van der Waals surface area contributed by atoms with Crippen LogP contribution in [0.25, 0.3) is 45.5 Å². The molecule has 0 unspecified atom stereocenters. The number of amides is 2. The van der Waals surface area contributed by atoms with E-state index in [0.717, 1.165) is 70.2 Å². The van der Waals surface area contributed by atoms with Crippen molar-refractivity contribution >= 4 is 69.9 Å². The van der Waals surface area contributed by atoms with E-state index in [1.165, 1.54) is 0 Å². The van der Waals surface area contributed by atoms with Crippen LogP contribution >= 0.6 is 22.6 Å². The molecule has 3 aliphatic heterocycles. The molecule has 0 atom stereocenters. The number of carbonyl (C=O) groups is 2. The van der Waals surface area contributed by atoms with Gasteiger partial charge in [-0.3, -0.25) is 9.59 Å². The standard InChI is InChI=1S/C25H21N7O2.C18H16IN5O2.C13H17BN2O2/c33-25-19-14-17(18-7-9-23-26-10-12-31(23)15-18)6-8-21(19)34-13-2-1-11-32-16-27-30-24(32)20-4-3-5-22(28-20)29-25;19-12-6-7-15-13(10-12)18(25)22-16-5-3-4-14(21-16)17-23-20-11-24(17)8-1-2-9-26-15;1-12(2)13(3,4)18-14(17-12)10-5-6-11-15-7-8-16(11)9-10/h3-10,12,14-16H,1-2,11,13H2,(H,28,29,33);3-7,10-11H,1-2,8-9H2,(H,21,22,25);5-9H,1-4H3. The molecule has 2 N–H and O–H groups in total. The third kappa shape index (κ3) is 11.4. The summed E-state index contributed by atoms with van der Waals surface area (Å²) < 4.78 is 32.8. The lowest BCUT2D eigenvalue weighted by Gasteiger charge is -2.32. The maximum Gasteiger partial charge on any atom is 0.496 e. The molecular weight excluding hydrogens is 1100 g/mol. The Labute approximate surface area is 462 Å². The van der Waals surface area contributed by atoms with Crippen LogP contribution in [0.3, 0.4) is 0 Å². The number of benzene rings is 2. The van der Waals surface area contributed by atoms with E-state index in [-0.39, 0.29) is 30.1 Å². The number of fused-ring (bicyclic) bond motifs is 12. The highest BCUT2D eigenvalue weighted by atomic mass is 127. The number of anilines is 2. The van der Waals surface area contributed by atoms with E-state index in [0.29, 0.717) is 70.5 Å². The minimum atomic E-state index is -0.318. The largest absolute Gasteiger partial charge is 0.496 e. The summed E-state index contributed by atoms with van der Waals surface area (Å²) in [7, 11) is -0.318. The second-order valence-corrected chi connectivity index (χ2v) is 21.0. The van der Waals surface area contributed by atoms with Gasteiger partial charge < -0.3 is 47.4 Å². The molecule has 0 aliphatic carbocycles. The first kappa shape index (κ1) is 51.7. The molecule has 2 aromatic carbocycles. The fourth-order valence-corrected chi connectivity index (χ4v) is 9.45. The molecule has 78 heavy (non-hydrogen) atoms. The molecule has 8 aromatic heterocycles. The van der Waals surface area contributed by atoms with E-state index in [2.05, 4.69) is 101 Å². The van der Waals surface area contributed by atoms with Gasteiger partial charge in [0.2, 0.25) is 0 Å². The van der Waals surface area contributed by atoms with Crippen molar-refractivity contribution in [2.24, 2.45) is 0 Å². The monoisotopic (exact) mass is 1160 g/mol. The van der Waals surface area contributed by atoms with Crippen LogP contribution in [0.4, 0.5) is 11.6 Å². The minimum absolute atomic E-state index is 0.248. The van der Waals surface area contributed by atoms with E-state index >= 15 is 0 Å². The van der Waals surface area contributed by atoms with Gasteiger partial charge in [0.15, 0.2) is 11.6 Å². The molecule has 2 amide bonds. The van der Waals surface area contributed by atoms with Crippen LogP contribution in [0.2, 0.25) is 0 Å². The molecular formula is C56H54BIN14O6. The number of imidazole rings is 2. The predicted molar refractivity (Wildman–Crippen MR) is 303 cm³/mol. The van der Waals surface area contributed by atoms with Gasteiger partial charge in [-0.2, -0.15) is 0 Å². The maximum absolute atomic E-state index is 13.4. The van der Waals surface area contributed by atoms with Crippen LogP contribution in [-0.2, 0) is 22.4 Å². The van der Waals surface area contributed by atoms with Gasteiger partial charge in [-0.15, -0.1) is 20.4 Å². The van der Waals surface area contributed by atoms with Gasteiger partial charge in [-0.05, 0) is 165 Å². The Kier molecular flexibility index (Phi) is 14.8. The summed E-state index contributed by atoms with van der Waals surface area (Å²) >= 11 is 2.18. The Morgan fingerprint density at radius 2 is 1.12 bits per heavy atom. The SMILES string of the molecule is CC1(C)OB(c2ccc3nccn3c2)OC1(C)C.O=C1Nc2cccc(n2)-c2nncn2CCCCOc2ccc(-c3ccc4nccn4c3)cc21.O=C1Nc2cccc(n2)-c2nncn2CCCCOc2ccc(I)cc21. The summed E-state index contributed by atoms with van der Waals surface area (Å²) in [6.45, 7) is 10.8. The molecule has 13 rings (SSSR count). The lowest BCUT2D eigenvalue weighted by molar-refractivity contribution is 0.00578. The zero-order chi connectivity index (χ0) is 53.8. The van der Waals surface area contributed by atoms with Crippen LogP contribution in [0.5, 0.6) is 11.5 Å². The second-order valence-electron chi connectivity index (χ2n) is 19.7. The van der Waals surface area contributed by atoms with Gasteiger partial charge in [0.1, 0.15) is 58.5 Å². The zero-order valence-electron chi connectivity index (χ0n) is 43.3. The number of aryl methyl sites for hydroxylation is 2. The fourth-order valence-electron chi connectivity index (χ4n) is 8.96. The van der Waals surface area contributed by atoms with E-state index < -0.39 is 0 Å². The number of halogens is 1. The van der Waals surface area contributed by atoms with Gasteiger partial charge in [-0.25, -0.2) is 19.9 Å². The van der Waals surface area contributed by atoms with Crippen LogP contribution in [-0.4, -0.2) is 102 Å². The van der Waals surface area contributed by atoms with Crippen molar-refractivity contribution in [3.63, 3.8) is 0 Å². The average molecular weight is 1160 g/mol. The van der Waals surface area contributed by atoms with E-state index in [1.807, 2.05) is 128 Å². The Bertz CT molecular complexity index is 3780. The molecule has 0 saturated carbocycles. The highest BCUT2D eigenvalue weighted by molar-refractivity contribution is 14.1. The number of carbonyl (C=O) groups excluding carboxylic acids is 2. The van der Waals surface area contributed by atoms with Gasteiger partial charge in [0, 0.05) is 53.8 Å². The first-order valence-electron chi connectivity index (χ1n) is 25.6. The fraction of sp³-hybridized carbons (Fsp3) is 0.250. The first-order chi connectivity index (χ1) is 37.8. The highest BCUT2D eigenvalue weighted by Crippen LogP contribution is 2.37. The number of hydrogen-bond donors (Lipinski definition) is 2. The van der Waals surface area contributed by atoms with Crippen molar-refractivity contribution < 1.29 is 28.4 Å². The van der Waals surface area contributed by atoms with Crippen LogP contribution in [0.15, 0.2) is 147 Å². The van der Waals surface area contributed by atoms with Crippen molar-refractivity contribution in [3.8, 4) is 45.7 Å². The van der Waals surface area contributed by atoms with Crippen LogP contribution in [0, 0.1) is 3.57 Å². The third-order valence-corrected chi connectivity index (χ3v) is 14.5. The molecule has 0 spiro atoms. The van der Waals surface area contributed by atoms with E-state index in [1.54, 1.807) is 37.2 Å². The summed E-state index contributed by atoms with van der Waals surface area (Å²) in [5, 5.41) is 22.2. The van der Waals surface area contributed by atoms with Crippen molar-refractivity contribution in [2.75, 3.05) is 23.8 Å². The topological polar surface area (TPSA) is 217 Å². The lowest BCUT2D eigenvalue weighted by Crippen LogP contribution is -2.41. The van der Waals surface area contributed by atoms with Gasteiger partial charge in [0.05, 0.1) is 35.5 Å². The van der Waals surface area contributed by atoms with Gasteiger partial charge >= 0.3 is 7.12 Å². The van der Waals surface area contributed by atoms with Crippen LogP contribution < -0.4 is 25.6 Å². The molecule has 1 saturated heterocycles. The molecule has 22 heteroatoms. The summed E-state index contributed by atoms with van der Waals surface area (Å²) in [5.41, 5.74) is 6.37. The van der Waals surface area contributed by atoms with Gasteiger partial charge in [-0.1, -0.05) is 24.3 Å². The van der Waals surface area contributed by atoms with Crippen LogP contribution in [0.1, 0.15) is 74.1 Å². The summed E-state index contributed by atoms with van der Waals surface area (Å²) in [5.74, 6) is 2.85. The Balaban J connectivity index is 0.000000130. The Morgan fingerprint density at radius 1 is 0.590 bits per heavy atom. The zero-order valence-corrected chi connectivity index (χ0v) is 45.4. The first-order valence-corrected chi connectivity index (χ1v) is 26.7. The summed E-state index contributed by atoms with van der Waals surface area (Å²) in [6, 6.07) is 30.1. The van der Waals surface area contributed by atoms with Crippen molar-refractivity contribution in [1.82, 2.24) is 58.3 Å². The molecule has 3 aliphatic rings. The minimum Gasteiger partial charge on any atom is -0.493 e. The molecule has 394 valence electrons. The number of nitrogens with zero attached hydrogens (tertiary/aromatic N) is 12. The van der Waals surface area contributed by atoms with E-state index in [9.17, 15) is 9.59 Å². The highest BCUT2D eigenvalue weighted by Gasteiger charge is 2.51. The predicted octanol–water partition coefficient (Wildman–Crippen LogP) is 9.08. The quantitative estimate of drug-likeness (QED) is 0.122. The van der Waals surface area contributed by atoms with Crippen molar-refractivity contribution in [2.45, 2.75) is 77.7 Å². The lowest BCUT2D eigenvalue weighted by atomic mass is 9.80. The summed E-state index contributed by atoms with van der Waals surface area (Å²) in [4.78, 5) is 43.8.